The first-order chi connectivity index (χ1) is 10.0. The van der Waals surface area contributed by atoms with Crippen molar-refractivity contribution in [2.45, 2.75) is 32.7 Å². The molecule has 1 unspecified atom stereocenters. The van der Waals surface area contributed by atoms with E-state index in [4.69, 9.17) is 11.6 Å². The molecule has 0 radical (unpaired) electrons. The van der Waals surface area contributed by atoms with Crippen LogP contribution in [0.15, 0.2) is 24.3 Å². The van der Waals surface area contributed by atoms with Crippen LogP contribution in [0.5, 0.6) is 0 Å². The second-order valence-corrected chi connectivity index (χ2v) is 6.10. The summed E-state index contributed by atoms with van der Waals surface area (Å²) in [6.07, 6.45) is 1.75. The van der Waals surface area contributed by atoms with Gasteiger partial charge in [0.25, 0.3) is 0 Å². The van der Waals surface area contributed by atoms with E-state index in [1.807, 2.05) is 18.2 Å². The third kappa shape index (κ3) is 5.44. The number of benzene rings is 1. The monoisotopic (exact) mass is 307 g/mol. The number of nitrogens with zero attached hydrogens (tertiary/aromatic N) is 4. The van der Waals surface area contributed by atoms with Gasteiger partial charge in [0, 0.05) is 17.5 Å². The number of halogens is 1. The van der Waals surface area contributed by atoms with E-state index in [9.17, 15) is 0 Å². The lowest BCUT2D eigenvalue weighted by Gasteiger charge is -2.18. The van der Waals surface area contributed by atoms with Gasteiger partial charge in [-0.25, -0.2) is 0 Å². The van der Waals surface area contributed by atoms with Gasteiger partial charge in [0.2, 0.25) is 0 Å². The van der Waals surface area contributed by atoms with Crippen LogP contribution in [0, 0.1) is 5.92 Å². The molecule has 0 fully saturated rings. The molecule has 2 aromatic rings. The Morgan fingerprint density at radius 2 is 2.10 bits per heavy atom. The average Bonchev–Trinajstić information content (AvgIpc) is 2.81. The van der Waals surface area contributed by atoms with E-state index in [0.29, 0.717) is 12.0 Å². The Kier molecular flexibility index (Phi) is 5.70. The number of aryl methyl sites for hydroxylation is 1. The molecular formula is C15H22ClN5. The van der Waals surface area contributed by atoms with E-state index < -0.39 is 0 Å². The summed E-state index contributed by atoms with van der Waals surface area (Å²) in [5, 5.41) is 16.5. The Morgan fingerprint density at radius 1 is 1.29 bits per heavy atom. The van der Waals surface area contributed by atoms with Crippen molar-refractivity contribution in [1.29, 1.82) is 0 Å². The second-order valence-electron chi connectivity index (χ2n) is 5.66. The molecule has 1 N–H and O–H groups in total. The predicted molar refractivity (Wildman–Crippen MR) is 84.3 cm³/mol. The van der Waals surface area contributed by atoms with Crippen LogP contribution in [0.4, 0.5) is 0 Å². The van der Waals surface area contributed by atoms with E-state index in [1.165, 1.54) is 10.4 Å². The van der Waals surface area contributed by atoms with Crippen LogP contribution in [0.3, 0.4) is 0 Å². The molecule has 0 spiro atoms. The van der Waals surface area contributed by atoms with Crippen molar-refractivity contribution in [3.05, 3.63) is 40.7 Å². The van der Waals surface area contributed by atoms with Gasteiger partial charge >= 0.3 is 0 Å². The standard InChI is InChI=1S/C15H22ClN5/c1-11(2)17-10-13(9-15-18-20-21(3)19-15)7-12-5-4-6-14(16)8-12/h4-6,8,11,13,17H,7,9-10H2,1-3H3. The minimum absolute atomic E-state index is 0.412. The molecular weight excluding hydrogens is 286 g/mol. The number of rotatable bonds is 7. The molecule has 0 saturated carbocycles. The second kappa shape index (κ2) is 7.52. The summed E-state index contributed by atoms with van der Waals surface area (Å²) < 4.78 is 0. The molecule has 2 rings (SSSR count). The van der Waals surface area contributed by atoms with Gasteiger partial charge in [0.1, 0.15) is 0 Å². The average molecular weight is 308 g/mol. The maximum atomic E-state index is 6.07. The normalized spacial score (nSPS) is 12.8. The summed E-state index contributed by atoms with van der Waals surface area (Å²) in [5.74, 6) is 1.20. The van der Waals surface area contributed by atoms with Crippen LogP contribution in [-0.2, 0) is 19.9 Å². The Balaban J connectivity index is 2.04. The van der Waals surface area contributed by atoms with Gasteiger partial charge in [-0.15, -0.1) is 10.2 Å². The van der Waals surface area contributed by atoms with Gasteiger partial charge in [-0.05, 0) is 41.8 Å². The lowest BCUT2D eigenvalue weighted by Crippen LogP contribution is -2.31. The topological polar surface area (TPSA) is 55.6 Å². The van der Waals surface area contributed by atoms with Crippen LogP contribution < -0.4 is 5.32 Å². The number of nitrogens with one attached hydrogen (secondary N) is 1. The van der Waals surface area contributed by atoms with E-state index in [2.05, 4.69) is 40.6 Å². The Labute approximate surface area is 130 Å². The maximum absolute atomic E-state index is 6.07. The van der Waals surface area contributed by atoms with E-state index in [0.717, 1.165) is 30.2 Å². The van der Waals surface area contributed by atoms with Crippen molar-refractivity contribution in [1.82, 2.24) is 25.5 Å². The number of hydrogen-bond acceptors (Lipinski definition) is 4. The molecule has 1 aromatic carbocycles. The maximum Gasteiger partial charge on any atom is 0.175 e. The molecule has 0 amide bonds. The summed E-state index contributed by atoms with van der Waals surface area (Å²) in [4.78, 5) is 1.50. The van der Waals surface area contributed by atoms with Gasteiger partial charge in [-0.3, -0.25) is 0 Å². The molecule has 0 aliphatic carbocycles. The summed E-state index contributed by atoms with van der Waals surface area (Å²) in [5.41, 5.74) is 1.24. The molecule has 114 valence electrons. The Hall–Kier alpha value is -1.46. The highest BCUT2D eigenvalue weighted by Gasteiger charge is 2.14. The largest absolute Gasteiger partial charge is 0.314 e. The molecule has 0 saturated heterocycles. The van der Waals surface area contributed by atoms with Crippen LogP contribution in [0.25, 0.3) is 0 Å². The van der Waals surface area contributed by atoms with Crippen molar-refractivity contribution in [2.75, 3.05) is 6.54 Å². The number of aromatic nitrogens is 4. The zero-order valence-electron chi connectivity index (χ0n) is 12.8. The lowest BCUT2D eigenvalue weighted by atomic mass is 9.95. The molecule has 0 aliphatic rings. The van der Waals surface area contributed by atoms with Crippen molar-refractivity contribution >= 4 is 11.6 Å². The molecule has 6 heteroatoms. The molecule has 1 aromatic heterocycles. The van der Waals surface area contributed by atoms with Crippen LogP contribution in [0.2, 0.25) is 5.02 Å². The first kappa shape index (κ1) is 15.9. The third-order valence-corrected chi connectivity index (χ3v) is 3.48. The van der Waals surface area contributed by atoms with E-state index in [-0.39, 0.29) is 0 Å². The zero-order valence-corrected chi connectivity index (χ0v) is 13.5. The van der Waals surface area contributed by atoms with Gasteiger partial charge < -0.3 is 5.32 Å². The fourth-order valence-corrected chi connectivity index (χ4v) is 2.49. The molecule has 21 heavy (non-hydrogen) atoms. The minimum atomic E-state index is 0.412. The van der Waals surface area contributed by atoms with Crippen molar-refractivity contribution in [3.8, 4) is 0 Å². The van der Waals surface area contributed by atoms with Gasteiger partial charge in [-0.1, -0.05) is 37.6 Å². The van der Waals surface area contributed by atoms with E-state index in [1.54, 1.807) is 7.05 Å². The number of tetrazole rings is 1. The van der Waals surface area contributed by atoms with Crippen LogP contribution in [0.1, 0.15) is 25.2 Å². The van der Waals surface area contributed by atoms with Gasteiger partial charge in [-0.2, -0.15) is 4.80 Å². The molecule has 1 heterocycles. The summed E-state index contributed by atoms with van der Waals surface area (Å²) in [6, 6.07) is 8.48. The fourth-order valence-electron chi connectivity index (χ4n) is 2.28. The van der Waals surface area contributed by atoms with Gasteiger partial charge in [0.05, 0.1) is 7.05 Å². The quantitative estimate of drug-likeness (QED) is 0.852. The summed E-state index contributed by atoms with van der Waals surface area (Å²) >= 11 is 6.07. The lowest BCUT2D eigenvalue weighted by molar-refractivity contribution is 0.436. The first-order valence-corrected chi connectivity index (χ1v) is 7.61. The van der Waals surface area contributed by atoms with Crippen molar-refractivity contribution in [3.63, 3.8) is 0 Å². The van der Waals surface area contributed by atoms with Crippen LogP contribution in [-0.4, -0.2) is 32.8 Å². The zero-order chi connectivity index (χ0) is 15.2. The molecule has 1 atom stereocenters. The van der Waals surface area contributed by atoms with Crippen molar-refractivity contribution in [2.24, 2.45) is 13.0 Å². The fraction of sp³-hybridized carbons (Fsp3) is 0.533. The third-order valence-electron chi connectivity index (χ3n) is 3.25. The molecule has 5 nitrogen and oxygen atoms in total. The SMILES string of the molecule is CC(C)NCC(Cc1cccc(Cl)c1)Cc1nnn(C)n1. The molecule has 0 bridgehead atoms. The highest BCUT2D eigenvalue weighted by atomic mass is 35.5. The summed E-state index contributed by atoms with van der Waals surface area (Å²) in [6.45, 7) is 5.22. The molecule has 0 aliphatic heterocycles. The Morgan fingerprint density at radius 3 is 2.71 bits per heavy atom. The highest BCUT2D eigenvalue weighted by molar-refractivity contribution is 6.30. The highest BCUT2D eigenvalue weighted by Crippen LogP contribution is 2.16. The first-order valence-electron chi connectivity index (χ1n) is 7.23. The van der Waals surface area contributed by atoms with Crippen LogP contribution >= 0.6 is 11.6 Å². The predicted octanol–water partition coefficient (Wildman–Crippen LogP) is 2.26. The van der Waals surface area contributed by atoms with Crippen molar-refractivity contribution < 1.29 is 0 Å². The number of hydrogen-bond donors (Lipinski definition) is 1. The minimum Gasteiger partial charge on any atom is -0.314 e. The van der Waals surface area contributed by atoms with E-state index >= 15 is 0 Å². The smallest absolute Gasteiger partial charge is 0.175 e. The Bertz CT molecular complexity index is 567. The van der Waals surface area contributed by atoms with Gasteiger partial charge in [0.15, 0.2) is 5.82 Å². The summed E-state index contributed by atoms with van der Waals surface area (Å²) in [7, 11) is 1.79.